The Bertz CT molecular complexity index is 68.8. The van der Waals surface area contributed by atoms with E-state index < -0.39 is 0 Å². The second kappa shape index (κ2) is 2.44. The zero-order valence-corrected chi connectivity index (χ0v) is 4.71. The minimum absolute atomic E-state index is 0.0405. The first-order chi connectivity index (χ1) is 3.79. The van der Waals surface area contributed by atoms with Crippen molar-refractivity contribution in [2.24, 2.45) is 5.73 Å². The summed E-state index contributed by atoms with van der Waals surface area (Å²) in [6, 6.07) is 0.0405. The zero-order valence-electron chi connectivity index (χ0n) is 4.71. The second-order valence-corrected chi connectivity index (χ2v) is 2.19. The highest BCUT2D eigenvalue weighted by atomic mass is 16.5. The minimum atomic E-state index is -0.334. The van der Waals surface area contributed by atoms with Crippen molar-refractivity contribution < 1.29 is 9.84 Å². The molecule has 3 nitrogen and oxygen atoms in total. The smallest absolute Gasteiger partial charge is 0.0789 e. The summed E-state index contributed by atoms with van der Waals surface area (Å²) in [7, 11) is 0. The Morgan fingerprint density at radius 3 is 2.62 bits per heavy atom. The van der Waals surface area contributed by atoms with Gasteiger partial charge in [-0.3, -0.25) is 0 Å². The van der Waals surface area contributed by atoms with Gasteiger partial charge in [0.25, 0.3) is 0 Å². The van der Waals surface area contributed by atoms with Gasteiger partial charge < -0.3 is 15.6 Å². The Kier molecular flexibility index (Phi) is 1.83. The van der Waals surface area contributed by atoms with Gasteiger partial charge in [-0.25, -0.2) is 0 Å². The third-order valence-electron chi connectivity index (χ3n) is 1.22. The monoisotopic (exact) mass is 117 g/mol. The minimum Gasteiger partial charge on any atom is -0.391 e. The van der Waals surface area contributed by atoms with Gasteiger partial charge in [0.2, 0.25) is 0 Å². The zero-order chi connectivity index (χ0) is 5.98. The van der Waals surface area contributed by atoms with Crippen LogP contribution in [0.25, 0.3) is 0 Å². The summed E-state index contributed by atoms with van der Waals surface area (Å²) >= 11 is 0. The van der Waals surface area contributed by atoms with Crippen molar-refractivity contribution in [3.63, 3.8) is 0 Å². The van der Waals surface area contributed by atoms with Crippen LogP contribution in [-0.4, -0.2) is 30.5 Å². The third-order valence-corrected chi connectivity index (χ3v) is 1.22. The normalized spacial score (nSPS) is 39.8. The fourth-order valence-corrected chi connectivity index (χ4v) is 0.841. The van der Waals surface area contributed by atoms with E-state index in [1.165, 1.54) is 0 Å². The van der Waals surface area contributed by atoms with Crippen molar-refractivity contribution in [3.8, 4) is 0 Å². The molecule has 0 aliphatic carbocycles. The van der Waals surface area contributed by atoms with E-state index in [2.05, 4.69) is 0 Å². The van der Waals surface area contributed by atoms with Gasteiger partial charge in [-0.05, 0) is 6.42 Å². The highest BCUT2D eigenvalue weighted by molar-refractivity contribution is 4.70. The number of aliphatic hydroxyl groups excluding tert-OH is 1. The number of hydrogen-bond donors (Lipinski definition) is 2. The lowest BCUT2D eigenvalue weighted by atomic mass is 10.1. The van der Waals surface area contributed by atoms with Crippen LogP contribution < -0.4 is 5.73 Å². The molecule has 1 unspecified atom stereocenters. The Hall–Kier alpha value is -0.120. The molecule has 1 aliphatic heterocycles. The topological polar surface area (TPSA) is 55.5 Å². The summed E-state index contributed by atoms with van der Waals surface area (Å²) < 4.78 is 4.92. The standard InChI is InChI=1S/C5H11NO2/c6-4-1-5(7)3-8-2-4/h4-5,7H,1-3,6H2/t4?,5-/m0/s1. The molecule has 0 saturated carbocycles. The molecule has 1 fully saturated rings. The fraction of sp³-hybridized carbons (Fsp3) is 1.00. The van der Waals surface area contributed by atoms with Crippen molar-refractivity contribution in [2.75, 3.05) is 13.2 Å². The van der Waals surface area contributed by atoms with E-state index in [0.717, 1.165) is 0 Å². The average Bonchev–Trinajstić information content (AvgIpc) is 1.64. The molecule has 0 aromatic heterocycles. The summed E-state index contributed by atoms with van der Waals surface area (Å²) in [6.07, 6.45) is 0.346. The quantitative estimate of drug-likeness (QED) is 0.432. The molecule has 1 heterocycles. The molecule has 0 bridgehead atoms. The Morgan fingerprint density at radius 2 is 2.25 bits per heavy atom. The van der Waals surface area contributed by atoms with E-state index >= 15 is 0 Å². The van der Waals surface area contributed by atoms with Gasteiger partial charge in [0, 0.05) is 6.04 Å². The number of ether oxygens (including phenoxy) is 1. The van der Waals surface area contributed by atoms with Gasteiger partial charge in [0.15, 0.2) is 0 Å². The molecule has 48 valence electrons. The number of nitrogens with two attached hydrogens (primary N) is 1. The SMILES string of the molecule is NC1COC[C@@H](O)C1. The Labute approximate surface area is 48.4 Å². The maximum Gasteiger partial charge on any atom is 0.0789 e. The molecule has 0 aromatic carbocycles. The second-order valence-electron chi connectivity index (χ2n) is 2.19. The Morgan fingerprint density at radius 1 is 1.50 bits per heavy atom. The van der Waals surface area contributed by atoms with Crippen LogP contribution in [0.3, 0.4) is 0 Å². The first kappa shape index (κ1) is 6.01. The average molecular weight is 117 g/mol. The maximum absolute atomic E-state index is 8.87. The summed E-state index contributed by atoms with van der Waals surface area (Å²) in [5.41, 5.74) is 5.44. The highest BCUT2D eigenvalue weighted by Gasteiger charge is 2.16. The van der Waals surface area contributed by atoms with Crippen LogP contribution in [0, 0.1) is 0 Å². The molecule has 8 heavy (non-hydrogen) atoms. The molecule has 3 N–H and O–H groups in total. The number of rotatable bonds is 0. The van der Waals surface area contributed by atoms with Crippen LogP contribution >= 0.6 is 0 Å². The predicted molar refractivity (Wildman–Crippen MR) is 29.4 cm³/mol. The maximum atomic E-state index is 8.87. The van der Waals surface area contributed by atoms with E-state index in [0.29, 0.717) is 19.6 Å². The molecule has 2 atom stereocenters. The first-order valence-electron chi connectivity index (χ1n) is 2.80. The summed E-state index contributed by atoms with van der Waals surface area (Å²) in [5.74, 6) is 0. The van der Waals surface area contributed by atoms with Crippen molar-refractivity contribution in [2.45, 2.75) is 18.6 Å². The summed E-state index contributed by atoms with van der Waals surface area (Å²) in [5, 5.41) is 8.87. The third kappa shape index (κ3) is 1.43. The lowest BCUT2D eigenvalue weighted by molar-refractivity contribution is -0.0154. The van der Waals surface area contributed by atoms with Gasteiger partial charge in [-0.1, -0.05) is 0 Å². The lowest BCUT2D eigenvalue weighted by Gasteiger charge is -2.22. The van der Waals surface area contributed by atoms with Crippen molar-refractivity contribution in [1.29, 1.82) is 0 Å². The predicted octanol–water partition coefficient (Wildman–Crippen LogP) is -0.905. The summed E-state index contributed by atoms with van der Waals surface area (Å²) in [6.45, 7) is 1.05. The van der Waals surface area contributed by atoms with Crippen LogP contribution in [-0.2, 0) is 4.74 Å². The van der Waals surface area contributed by atoms with Crippen molar-refractivity contribution >= 4 is 0 Å². The largest absolute Gasteiger partial charge is 0.391 e. The van der Waals surface area contributed by atoms with Gasteiger partial charge >= 0.3 is 0 Å². The van der Waals surface area contributed by atoms with E-state index in [-0.39, 0.29) is 12.1 Å². The molecule has 0 aromatic rings. The van der Waals surface area contributed by atoms with Gasteiger partial charge in [0.1, 0.15) is 0 Å². The van der Waals surface area contributed by atoms with Crippen molar-refractivity contribution in [3.05, 3.63) is 0 Å². The van der Waals surface area contributed by atoms with Crippen LogP contribution in [0.15, 0.2) is 0 Å². The molecule has 3 heteroatoms. The van der Waals surface area contributed by atoms with Gasteiger partial charge in [-0.2, -0.15) is 0 Å². The van der Waals surface area contributed by atoms with Crippen LogP contribution in [0.4, 0.5) is 0 Å². The number of hydrogen-bond acceptors (Lipinski definition) is 3. The van der Waals surface area contributed by atoms with Gasteiger partial charge in [-0.15, -0.1) is 0 Å². The molecular formula is C5H11NO2. The molecular weight excluding hydrogens is 106 g/mol. The molecule has 1 aliphatic rings. The fourth-order valence-electron chi connectivity index (χ4n) is 0.841. The number of aliphatic hydroxyl groups is 1. The van der Waals surface area contributed by atoms with E-state index in [9.17, 15) is 0 Å². The first-order valence-corrected chi connectivity index (χ1v) is 2.80. The van der Waals surface area contributed by atoms with Crippen molar-refractivity contribution in [1.82, 2.24) is 0 Å². The summed E-state index contributed by atoms with van der Waals surface area (Å²) in [4.78, 5) is 0. The molecule has 1 saturated heterocycles. The van der Waals surface area contributed by atoms with Crippen LogP contribution in [0.2, 0.25) is 0 Å². The molecule has 0 radical (unpaired) electrons. The lowest BCUT2D eigenvalue weighted by Crippen LogP contribution is -2.38. The molecule has 0 spiro atoms. The molecule has 1 rings (SSSR count). The van der Waals surface area contributed by atoms with E-state index in [4.69, 9.17) is 15.6 Å². The van der Waals surface area contributed by atoms with Crippen LogP contribution in [0.5, 0.6) is 0 Å². The van der Waals surface area contributed by atoms with E-state index in [1.54, 1.807) is 0 Å². The van der Waals surface area contributed by atoms with Crippen LogP contribution in [0.1, 0.15) is 6.42 Å². The molecule has 0 amide bonds. The van der Waals surface area contributed by atoms with E-state index in [1.807, 2.05) is 0 Å². The van der Waals surface area contributed by atoms with Gasteiger partial charge in [0.05, 0.1) is 19.3 Å². The highest BCUT2D eigenvalue weighted by Crippen LogP contribution is 2.03. The Balaban J connectivity index is 2.23.